The summed E-state index contributed by atoms with van der Waals surface area (Å²) in [4.78, 5) is 5.05. The van der Waals surface area contributed by atoms with Gasteiger partial charge in [0.25, 0.3) is 5.60 Å². The highest BCUT2D eigenvalue weighted by Gasteiger charge is 2.62. The lowest BCUT2D eigenvalue weighted by molar-refractivity contribution is -0.275. The van der Waals surface area contributed by atoms with E-state index in [-0.39, 0.29) is 17.9 Å². The van der Waals surface area contributed by atoms with Crippen LogP contribution < -0.4 is 0 Å². The lowest BCUT2D eigenvalue weighted by atomic mass is 9.85. The second-order valence-corrected chi connectivity index (χ2v) is 6.58. The van der Waals surface area contributed by atoms with Crippen molar-refractivity contribution in [1.29, 1.82) is 0 Å². The van der Waals surface area contributed by atoms with Crippen molar-refractivity contribution in [3.63, 3.8) is 0 Å². The molecule has 3 nitrogen and oxygen atoms in total. The Hall–Kier alpha value is -2.05. The highest BCUT2D eigenvalue weighted by Crippen LogP contribution is 2.49. The first-order valence-electron chi connectivity index (χ1n) is 7.85. The number of oxime groups is 1. The van der Waals surface area contributed by atoms with E-state index in [1.165, 1.54) is 19.2 Å². The fourth-order valence-electron chi connectivity index (χ4n) is 2.96. The van der Waals surface area contributed by atoms with Crippen molar-refractivity contribution >= 4 is 17.3 Å². The lowest BCUT2D eigenvalue weighted by Crippen LogP contribution is -2.42. The van der Waals surface area contributed by atoms with Crippen LogP contribution >= 0.6 is 11.6 Å². The van der Waals surface area contributed by atoms with E-state index in [4.69, 9.17) is 21.2 Å². The van der Waals surface area contributed by atoms with Crippen LogP contribution in [0.1, 0.15) is 28.7 Å². The second kappa shape index (κ2) is 6.93. The summed E-state index contributed by atoms with van der Waals surface area (Å²) in [5, 5.41) is 4.24. The summed E-state index contributed by atoms with van der Waals surface area (Å²) < 4.78 is 47.2. The van der Waals surface area contributed by atoms with Crippen LogP contribution in [0.4, 0.5) is 13.2 Å². The number of aryl methyl sites for hydroxylation is 1. The first-order valence-corrected chi connectivity index (χ1v) is 8.23. The third-order valence-corrected chi connectivity index (χ3v) is 4.44. The topological polar surface area (TPSA) is 30.8 Å². The van der Waals surface area contributed by atoms with Gasteiger partial charge in [0.1, 0.15) is 0 Å². The Morgan fingerprint density at radius 2 is 1.96 bits per heavy atom. The molecule has 7 heteroatoms. The lowest BCUT2D eigenvalue weighted by Gasteiger charge is -2.30. The normalized spacial score (nSPS) is 20.0. The van der Waals surface area contributed by atoms with Crippen molar-refractivity contribution in [1.82, 2.24) is 0 Å². The van der Waals surface area contributed by atoms with E-state index in [2.05, 4.69) is 11.2 Å². The zero-order chi connectivity index (χ0) is 18.9. The summed E-state index contributed by atoms with van der Waals surface area (Å²) in [5.74, 6) is 0. The maximum absolute atomic E-state index is 14.0. The summed E-state index contributed by atoms with van der Waals surface area (Å²) in [6, 6.07) is 12.3. The van der Waals surface area contributed by atoms with Gasteiger partial charge in [-0.25, -0.2) is 0 Å². The van der Waals surface area contributed by atoms with E-state index in [0.29, 0.717) is 21.7 Å². The van der Waals surface area contributed by atoms with Crippen molar-refractivity contribution in [2.75, 3.05) is 7.11 Å². The molecule has 0 fully saturated rings. The maximum Gasteiger partial charge on any atom is 0.435 e. The Kier molecular flexibility index (Phi) is 4.99. The Morgan fingerprint density at radius 3 is 2.58 bits per heavy atom. The van der Waals surface area contributed by atoms with E-state index in [1.54, 1.807) is 31.2 Å². The zero-order valence-corrected chi connectivity index (χ0v) is 14.9. The molecule has 1 aliphatic rings. The van der Waals surface area contributed by atoms with Crippen LogP contribution in [0.5, 0.6) is 0 Å². The molecule has 1 heterocycles. The standard InChI is InChI=1S/C19H16ClF3NO2/c1-12-7-13(11-25-2)9-15(8-12)18(19(21,22)23)10-17(24-26-18)14-3-5-16(20)6-4-14/h3-6,8-9H,10-11H2,1-2H3. The predicted molar refractivity (Wildman–Crippen MR) is 92.2 cm³/mol. The molecule has 0 saturated carbocycles. The number of nitrogens with zero attached hydrogens (tertiary/aromatic N) is 1. The Morgan fingerprint density at radius 1 is 1.27 bits per heavy atom. The monoisotopic (exact) mass is 382 g/mol. The molecule has 1 atom stereocenters. The molecule has 2 aromatic rings. The summed E-state index contributed by atoms with van der Waals surface area (Å²) in [5.41, 5.74) is -0.698. The van der Waals surface area contributed by atoms with Crippen LogP contribution in [0, 0.1) is 13.0 Å². The Balaban J connectivity index is 2.02. The van der Waals surface area contributed by atoms with Crippen molar-refractivity contribution in [3.05, 3.63) is 69.7 Å². The molecule has 0 bridgehead atoms. The van der Waals surface area contributed by atoms with E-state index in [1.807, 2.05) is 0 Å². The smallest absolute Gasteiger partial charge is 0.380 e. The molecule has 0 saturated heterocycles. The zero-order valence-electron chi connectivity index (χ0n) is 14.2. The fourth-order valence-corrected chi connectivity index (χ4v) is 3.08. The van der Waals surface area contributed by atoms with E-state index in [9.17, 15) is 13.2 Å². The minimum Gasteiger partial charge on any atom is -0.380 e. The largest absolute Gasteiger partial charge is 0.435 e. The van der Waals surface area contributed by atoms with Crippen LogP contribution in [0.25, 0.3) is 0 Å². The number of halogens is 4. The van der Waals surface area contributed by atoms with Crippen LogP contribution in [0.2, 0.25) is 5.02 Å². The molecule has 3 rings (SSSR count). The van der Waals surface area contributed by atoms with Gasteiger partial charge in [0.2, 0.25) is 0 Å². The number of rotatable bonds is 4. The van der Waals surface area contributed by atoms with Gasteiger partial charge in [-0.3, -0.25) is 0 Å². The first kappa shape index (κ1) is 18.7. The molecule has 1 unspecified atom stereocenters. The minimum atomic E-state index is -4.65. The Bertz CT molecular complexity index is 834. The van der Waals surface area contributed by atoms with Gasteiger partial charge in [-0.15, -0.1) is 0 Å². The maximum atomic E-state index is 14.0. The van der Waals surface area contributed by atoms with Crippen molar-refractivity contribution in [3.8, 4) is 0 Å². The van der Waals surface area contributed by atoms with Gasteiger partial charge >= 0.3 is 6.18 Å². The van der Waals surface area contributed by atoms with Gasteiger partial charge in [0, 0.05) is 24.1 Å². The van der Waals surface area contributed by atoms with E-state index >= 15 is 0 Å². The molecular weight excluding hydrogens is 367 g/mol. The number of hydrogen-bond donors (Lipinski definition) is 0. The van der Waals surface area contributed by atoms with E-state index < -0.39 is 18.2 Å². The summed E-state index contributed by atoms with van der Waals surface area (Å²) in [7, 11) is 1.48. The number of ether oxygens (including phenoxy) is 1. The predicted octanol–water partition coefficient (Wildman–Crippen LogP) is 5.18. The molecule has 1 aliphatic heterocycles. The highest BCUT2D eigenvalue weighted by atomic mass is 35.5. The SMILES string of the molecule is COCc1[c]c(C)cc(C2(C(F)(F)F)CC(c3ccc(Cl)cc3)=NO2)c1. The van der Waals surface area contributed by atoms with Gasteiger partial charge in [-0.1, -0.05) is 35.0 Å². The fraction of sp³-hybridized carbons (Fsp3) is 0.316. The molecule has 0 N–H and O–H groups in total. The summed E-state index contributed by atoms with van der Waals surface area (Å²) >= 11 is 5.84. The third kappa shape index (κ3) is 3.44. The number of methoxy groups -OCH3 is 1. The number of alkyl halides is 3. The molecule has 2 aromatic carbocycles. The van der Waals surface area contributed by atoms with Crippen LogP contribution in [0.15, 0.2) is 41.6 Å². The van der Waals surface area contributed by atoms with Crippen molar-refractivity contribution in [2.24, 2.45) is 5.16 Å². The summed E-state index contributed by atoms with van der Waals surface area (Å²) in [6.45, 7) is 1.84. The molecule has 0 aromatic heterocycles. The number of benzene rings is 2. The average molecular weight is 383 g/mol. The molecule has 137 valence electrons. The second-order valence-electron chi connectivity index (χ2n) is 6.15. The van der Waals surface area contributed by atoms with Gasteiger partial charge in [-0.05, 0) is 47.9 Å². The van der Waals surface area contributed by atoms with Gasteiger partial charge in [0.15, 0.2) is 0 Å². The molecule has 26 heavy (non-hydrogen) atoms. The minimum absolute atomic E-state index is 0.0130. The van der Waals surface area contributed by atoms with Crippen molar-refractivity contribution in [2.45, 2.75) is 31.7 Å². The molecule has 0 spiro atoms. The van der Waals surface area contributed by atoms with Gasteiger partial charge < -0.3 is 9.57 Å². The first-order chi connectivity index (χ1) is 12.2. The van der Waals surface area contributed by atoms with Crippen LogP contribution in [-0.2, 0) is 21.8 Å². The van der Waals surface area contributed by atoms with E-state index in [0.717, 1.165) is 0 Å². The third-order valence-electron chi connectivity index (χ3n) is 4.19. The quantitative estimate of drug-likeness (QED) is 0.729. The molecule has 0 aliphatic carbocycles. The average Bonchev–Trinajstić information content (AvgIpc) is 3.02. The van der Waals surface area contributed by atoms with Crippen molar-refractivity contribution < 1.29 is 22.7 Å². The molecule has 1 radical (unpaired) electrons. The van der Waals surface area contributed by atoms with Crippen LogP contribution in [-0.4, -0.2) is 19.0 Å². The number of hydrogen-bond acceptors (Lipinski definition) is 3. The molecule has 0 amide bonds. The summed E-state index contributed by atoms with van der Waals surface area (Å²) in [6.07, 6.45) is -5.07. The highest BCUT2D eigenvalue weighted by molar-refractivity contribution is 6.30. The Labute approximate surface area is 154 Å². The van der Waals surface area contributed by atoms with Crippen LogP contribution in [0.3, 0.4) is 0 Å². The van der Waals surface area contributed by atoms with Gasteiger partial charge in [-0.2, -0.15) is 13.2 Å². The van der Waals surface area contributed by atoms with Gasteiger partial charge in [0.05, 0.1) is 12.3 Å². The molecular formula is C19H16ClF3NO2.